The van der Waals surface area contributed by atoms with Crippen LogP contribution >= 0.6 is 0 Å². The van der Waals surface area contributed by atoms with Crippen molar-refractivity contribution >= 4 is 0 Å². The molecule has 2 unspecified atom stereocenters. The first-order valence-electron chi connectivity index (χ1n) is 4.54. The number of fused-ring (bicyclic) bond motifs is 5. The molecule has 11 heavy (non-hydrogen) atoms. The van der Waals surface area contributed by atoms with Gasteiger partial charge in [-0.3, -0.25) is 0 Å². The van der Waals surface area contributed by atoms with Gasteiger partial charge in [-0.15, -0.1) is 0 Å². The van der Waals surface area contributed by atoms with Gasteiger partial charge in [-0.05, 0) is 49.7 Å². The fraction of sp³-hybridized carbons (Fsp3) is 0.600. The lowest BCUT2D eigenvalue weighted by Gasteiger charge is -2.08. The largest absolute Gasteiger partial charge is 0.362 e. The summed E-state index contributed by atoms with van der Waals surface area (Å²) in [5.41, 5.74) is 4.56. The second kappa shape index (κ2) is 1.71. The first-order valence-corrected chi connectivity index (χ1v) is 4.54. The van der Waals surface area contributed by atoms with E-state index in [0.29, 0.717) is 0 Å². The molecule has 0 aromatic carbocycles. The van der Waals surface area contributed by atoms with Crippen molar-refractivity contribution in [2.24, 2.45) is 0 Å². The van der Waals surface area contributed by atoms with E-state index in [-0.39, 0.29) is 0 Å². The Morgan fingerprint density at radius 3 is 3.00 bits per heavy atom. The summed E-state index contributed by atoms with van der Waals surface area (Å²) in [6, 6.07) is 2.35. The maximum absolute atomic E-state index is 3.49. The van der Waals surface area contributed by atoms with Crippen LogP contribution in [0.1, 0.15) is 48.0 Å². The molecule has 1 N–H and O–H groups in total. The molecule has 1 heteroatoms. The SMILES string of the molecule is Cc1cc2c([nH]1)C1CCC2C1. The molecule has 2 aliphatic rings. The smallest absolute Gasteiger partial charge is 0.0216 e. The molecule has 58 valence electrons. The molecule has 2 atom stereocenters. The minimum Gasteiger partial charge on any atom is -0.362 e. The van der Waals surface area contributed by atoms with Gasteiger partial charge in [0, 0.05) is 11.4 Å². The van der Waals surface area contributed by atoms with Crippen LogP contribution in [0.5, 0.6) is 0 Å². The first-order chi connectivity index (χ1) is 5.34. The van der Waals surface area contributed by atoms with Crippen LogP contribution in [0.25, 0.3) is 0 Å². The molecule has 0 aliphatic heterocycles. The average Bonchev–Trinajstić information content (AvgIpc) is 2.53. The second-order valence-electron chi connectivity index (χ2n) is 4.03. The van der Waals surface area contributed by atoms with E-state index in [1.165, 1.54) is 25.0 Å². The van der Waals surface area contributed by atoms with Crippen molar-refractivity contribution in [1.82, 2.24) is 4.98 Å². The molecule has 0 spiro atoms. The van der Waals surface area contributed by atoms with Crippen molar-refractivity contribution in [2.45, 2.75) is 38.0 Å². The third-order valence-electron chi connectivity index (χ3n) is 3.30. The Morgan fingerprint density at radius 2 is 2.18 bits per heavy atom. The molecule has 2 bridgehead atoms. The average molecular weight is 147 g/mol. The zero-order valence-corrected chi connectivity index (χ0v) is 6.85. The van der Waals surface area contributed by atoms with E-state index in [2.05, 4.69) is 18.0 Å². The molecule has 1 fully saturated rings. The summed E-state index contributed by atoms with van der Waals surface area (Å²) >= 11 is 0. The van der Waals surface area contributed by atoms with E-state index in [1.807, 2.05) is 0 Å². The summed E-state index contributed by atoms with van der Waals surface area (Å²) in [6.45, 7) is 2.16. The van der Waals surface area contributed by atoms with Gasteiger partial charge >= 0.3 is 0 Å². The lowest BCUT2D eigenvalue weighted by atomic mass is 9.98. The molecule has 1 saturated carbocycles. The van der Waals surface area contributed by atoms with E-state index in [0.717, 1.165) is 11.8 Å². The summed E-state index contributed by atoms with van der Waals surface area (Å²) in [5, 5.41) is 0. The summed E-state index contributed by atoms with van der Waals surface area (Å²) in [6.07, 6.45) is 4.30. The van der Waals surface area contributed by atoms with E-state index < -0.39 is 0 Å². The molecule has 0 saturated heterocycles. The predicted molar refractivity (Wildman–Crippen MR) is 44.9 cm³/mol. The van der Waals surface area contributed by atoms with E-state index in [9.17, 15) is 0 Å². The van der Waals surface area contributed by atoms with Crippen molar-refractivity contribution in [2.75, 3.05) is 0 Å². The van der Waals surface area contributed by atoms with Crippen LogP contribution in [-0.4, -0.2) is 4.98 Å². The number of aromatic amines is 1. The number of hydrogen-bond donors (Lipinski definition) is 1. The van der Waals surface area contributed by atoms with Gasteiger partial charge < -0.3 is 4.98 Å². The van der Waals surface area contributed by atoms with Crippen molar-refractivity contribution < 1.29 is 0 Å². The van der Waals surface area contributed by atoms with E-state index in [4.69, 9.17) is 0 Å². The molecule has 1 aromatic rings. The van der Waals surface area contributed by atoms with E-state index in [1.54, 1.807) is 11.3 Å². The lowest BCUT2D eigenvalue weighted by Crippen LogP contribution is -1.94. The molecular weight excluding hydrogens is 134 g/mol. The van der Waals surface area contributed by atoms with Gasteiger partial charge in [0.25, 0.3) is 0 Å². The number of aryl methyl sites for hydroxylation is 1. The highest BCUT2D eigenvalue weighted by Crippen LogP contribution is 2.52. The highest BCUT2D eigenvalue weighted by atomic mass is 14.8. The zero-order valence-electron chi connectivity index (χ0n) is 6.85. The number of nitrogens with one attached hydrogen (secondary N) is 1. The highest BCUT2D eigenvalue weighted by Gasteiger charge is 2.37. The number of rotatable bonds is 0. The predicted octanol–water partition coefficient (Wildman–Crippen LogP) is 2.69. The van der Waals surface area contributed by atoms with Crippen LogP contribution in [0.15, 0.2) is 6.07 Å². The topological polar surface area (TPSA) is 15.8 Å². The van der Waals surface area contributed by atoms with Crippen LogP contribution in [0.3, 0.4) is 0 Å². The van der Waals surface area contributed by atoms with Gasteiger partial charge in [-0.25, -0.2) is 0 Å². The van der Waals surface area contributed by atoms with Crippen LogP contribution < -0.4 is 0 Å². The summed E-state index contributed by atoms with van der Waals surface area (Å²) in [5.74, 6) is 1.81. The fourth-order valence-corrected chi connectivity index (χ4v) is 2.83. The van der Waals surface area contributed by atoms with E-state index >= 15 is 0 Å². The van der Waals surface area contributed by atoms with Crippen molar-refractivity contribution in [1.29, 1.82) is 0 Å². The molecule has 1 nitrogen and oxygen atoms in total. The Bertz CT molecular complexity index is 270. The Labute approximate surface area is 66.8 Å². The lowest BCUT2D eigenvalue weighted by molar-refractivity contribution is 0.705. The quantitative estimate of drug-likeness (QED) is 0.580. The highest BCUT2D eigenvalue weighted by molar-refractivity contribution is 5.39. The summed E-state index contributed by atoms with van der Waals surface area (Å²) < 4.78 is 0. The molecule has 0 radical (unpaired) electrons. The van der Waals surface area contributed by atoms with Gasteiger partial charge in [0.15, 0.2) is 0 Å². The minimum absolute atomic E-state index is 0.892. The number of aromatic nitrogens is 1. The molecule has 2 aliphatic carbocycles. The normalized spacial score (nSPS) is 32.8. The fourth-order valence-electron chi connectivity index (χ4n) is 2.83. The Hall–Kier alpha value is -0.720. The van der Waals surface area contributed by atoms with Gasteiger partial charge in [-0.1, -0.05) is 0 Å². The van der Waals surface area contributed by atoms with Crippen molar-refractivity contribution in [3.63, 3.8) is 0 Å². The molecule has 1 aromatic heterocycles. The maximum Gasteiger partial charge on any atom is 0.0216 e. The van der Waals surface area contributed by atoms with Gasteiger partial charge in [0.1, 0.15) is 0 Å². The van der Waals surface area contributed by atoms with Crippen LogP contribution in [0.4, 0.5) is 0 Å². The third-order valence-corrected chi connectivity index (χ3v) is 3.30. The Balaban J connectivity index is 2.21. The molecule has 0 amide bonds. The third kappa shape index (κ3) is 0.615. The number of hydrogen-bond acceptors (Lipinski definition) is 0. The Kier molecular flexibility index (Phi) is 0.913. The van der Waals surface area contributed by atoms with Crippen LogP contribution in [0, 0.1) is 6.92 Å². The van der Waals surface area contributed by atoms with Crippen molar-refractivity contribution in [3.05, 3.63) is 23.0 Å². The standard InChI is InChI=1S/C10H13N/c1-6-4-9-7-2-3-8(5-7)10(9)11-6/h4,7-8,11H,2-3,5H2,1H3. The Morgan fingerprint density at radius 1 is 1.36 bits per heavy atom. The molecule has 1 heterocycles. The van der Waals surface area contributed by atoms with Crippen LogP contribution in [0.2, 0.25) is 0 Å². The van der Waals surface area contributed by atoms with Gasteiger partial charge in [0.2, 0.25) is 0 Å². The molecular formula is C10H13N. The summed E-state index contributed by atoms with van der Waals surface area (Å²) in [4.78, 5) is 3.49. The maximum atomic E-state index is 3.49. The number of H-pyrrole nitrogens is 1. The van der Waals surface area contributed by atoms with Crippen LogP contribution in [-0.2, 0) is 0 Å². The first kappa shape index (κ1) is 5.87. The summed E-state index contributed by atoms with van der Waals surface area (Å²) in [7, 11) is 0. The monoisotopic (exact) mass is 147 g/mol. The molecule has 3 rings (SSSR count). The van der Waals surface area contributed by atoms with Gasteiger partial charge in [0.05, 0.1) is 0 Å². The van der Waals surface area contributed by atoms with Crippen molar-refractivity contribution in [3.8, 4) is 0 Å². The minimum atomic E-state index is 0.892. The van der Waals surface area contributed by atoms with Gasteiger partial charge in [-0.2, -0.15) is 0 Å². The zero-order chi connectivity index (χ0) is 7.42. The second-order valence-corrected chi connectivity index (χ2v) is 4.03.